The van der Waals surface area contributed by atoms with Gasteiger partial charge in [0.1, 0.15) is 5.75 Å². The van der Waals surface area contributed by atoms with Gasteiger partial charge < -0.3 is 9.57 Å². The topological polar surface area (TPSA) is 127 Å². The number of amides is 4. The lowest BCUT2D eigenvalue weighted by Crippen LogP contribution is -2.30. The van der Waals surface area contributed by atoms with Crippen LogP contribution in [0.1, 0.15) is 68.4 Å². The van der Waals surface area contributed by atoms with Crippen LogP contribution in [-0.2, 0) is 33.6 Å². The number of nitrogens with zero attached hydrogens (tertiary/aromatic N) is 2. The maximum absolute atomic E-state index is 11.0. The first-order valence-corrected chi connectivity index (χ1v) is 11.5. The van der Waals surface area contributed by atoms with Crippen molar-refractivity contribution >= 4 is 35.6 Å². The monoisotopic (exact) mass is 504 g/mol. The van der Waals surface area contributed by atoms with E-state index in [-0.39, 0.29) is 30.6 Å². The first kappa shape index (κ1) is 32.2. The van der Waals surface area contributed by atoms with Crippen LogP contribution in [0, 0.1) is 34.6 Å². The van der Waals surface area contributed by atoms with Crippen LogP contribution in [0.15, 0.2) is 12.2 Å². The zero-order chi connectivity index (χ0) is 28.3. The second-order valence-electron chi connectivity index (χ2n) is 7.78. The van der Waals surface area contributed by atoms with E-state index < -0.39 is 17.8 Å². The second kappa shape index (κ2) is 14.6. The van der Waals surface area contributed by atoms with E-state index in [1.807, 2.05) is 27.7 Å². The van der Waals surface area contributed by atoms with Gasteiger partial charge in [0.15, 0.2) is 0 Å². The Morgan fingerprint density at radius 2 is 1.06 bits per heavy atom. The summed E-state index contributed by atoms with van der Waals surface area (Å²) < 4.78 is 5.25. The van der Waals surface area contributed by atoms with Gasteiger partial charge in [0.25, 0.3) is 23.6 Å². The minimum absolute atomic E-state index is 0.131. The average Bonchev–Trinajstić information content (AvgIpc) is 3.30. The summed E-state index contributed by atoms with van der Waals surface area (Å²) in [7, 11) is 1.45. The summed E-state index contributed by atoms with van der Waals surface area (Å²) in [4.78, 5) is 69.0. The summed E-state index contributed by atoms with van der Waals surface area (Å²) in [6, 6.07) is 0. The summed E-state index contributed by atoms with van der Waals surface area (Å²) in [6.07, 6.45) is 2.77. The van der Waals surface area contributed by atoms with Crippen molar-refractivity contribution in [2.75, 3.05) is 7.05 Å². The number of hydrogen-bond acceptors (Lipinski definition) is 8. The molecule has 0 unspecified atom stereocenters. The van der Waals surface area contributed by atoms with E-state index in [1.165, 1.54) is 42.8 Å². The van der Waals surface area contributed by atoms with Gasteiger partial charge in [0.05, 0.1) is 0 Å². The number of hydroxylamine groups is 2. The number of carbonyl (C=O) groups excluding carboxylic acids is 6. The van der Waals surface area contributed by atoms with E-state index in [0.29, 0.717) is 5.06 Å². The first-order chi connectivity index (χ1) is 16.7. The van der Waals surface area contributed by atoms with Gasteiger partial charge in [-0.15, -0.1) is 5.06 Å². The number of carbonyl (C=O) groups is 6. The van der Waals surface area contributed by atoms with Gasteiger partial charge >= 0.3 is 11.9 Å². The minimum Gasteiger partial charge on any atom is -0.426 e. The second-order valence-corrected chi connectivity index (χ2v) is 7.78. The van der Waals surface area contributed by atoms with E-state index >= 15 is 0 Å². The van der Waals surface area contributed by atoms with E-state index in [2.05, 4.69) is 25.6 Å². The summed E-state index contributed by atoms with van der Waals surface area (Å²) in [5.41, 5.74) is 5.81. The van der Waals surface area contributed by atoms with Crippen LogP contribution in [-0.4, -0.2) is 52.6 Å². The molecular formula is C26H36N2O8. The number of esters is 1. The standard InChI is InChI=1S/C13H18O2.C6H7NO4.C5H5NO2.C2H6/c1-7-8(2)10(4)13(15-12(6)14)11(5)9(7)3;1-4(8)11-7-5(9)2-3-6(7)10;1-6-4(7)2-3-5(6)8;1-2/h1-6H3;2-3H2,1H3;2-3H,1H3;1-2H3. The van der Waals surface area contributed by atoms with Gasteiger partial charge in [-0.2, -0.15) is 0 Å². The molecule has 0 atom stereocenters. The van der Waals surface area contributed by atoms with Crippen LogP contribution < -0.4 is 4.74 Å². The molecule has 4 amide bonds. The van der Waals surface area contributed by atoms with Crippen molar-refractivity contribution < 1.29 is 38.3 Å². The lowest BCUT2D eigenvalue weighted by Gasteiger charge is -2.17. The lowest BCUT2D eigenvalue weighted by atomic mass is 9.94. The average molecular weight is 505 g/mol. The third-order valence-electron chi connectivity index (χ3n) is 5.43. The Morgan fingerprint density at radius 1 is 0.694 bits per heavy atom. The van der Waals surface area contributed by atoms with Gasteiger partial charge in [0, 0.05) is 45.9 Å². The molecule has 1 aromatic carbocycles. The Labute approximate surface area is 212 Å². The van der Waals surface area contributed by atoms with Crippen molar-refractivity contribution in [3.05, 3.63) is 40.0 Å². The third kappa shape index (κ3) is 8.75. The van der Waals surface area contributed by atoms with E-state index in [9.17, 15) is 28.8 Å². The van der Waals surface area contributed by atoms with Crippen molar-refractivity contribution in [3.8, 4) is 5.75 Å². The SMILES string of the molecule is CC.CC(=O)ON1C(=O)CCC1=O.CC(=O)Oc1c(C)c(C)c(C)c(C)c1C.CN1C(=O)C=CC1=O. The Morgan fingerprint density at radius 3 is 1.33 bits per heavy atom. The molecule has 0 bridgehead atoms. The fourth-order valence-corrected chi connectivity index (χ4v) is 3.02. The third-order valence-corrected chi connectivity index (χ3v) is 5.43. The molecule has 0 saturated carbocycles. The zero-order valence-corrected chi connectivity index (χ0v) is 22.7. The molecule has 2 aliphatic heterocycles. The Hall–Kier alpha value is -3.82. The summed E-state index contributed by atoms with van der Waals surface area (Å²) in [6.45, 7) is 16.8. The van der Waals surface area contributed by atoms with Gasteiger partial charge in [-0.3, -0.25) is 28.9 Å². The fourth-order valence-electron chi connectivity index (χ4n) is 3.02. The molecule has 10 nitrogen and oxygen atoms in total. The van der Waals surface area contributed by atoms with E-state index in [1.54, 1.807) is 0 Å². The number of likely N-dealkylation sites (N-methyl/N-ethyl adjacent to an activating group) is 1. The summed E-state index contributed by atoms with van der Waals surface area (Å²) in [5.74, 6) is -1.58. The molecule has 2 aliphatic rings. The van der Waals surface area contributed by atoms with Gasteiger partial charge in [-0.05, 0) is 62.4 Å². The van der Waals surface area contributed by atoms with Crippen molar-refractivity contribution in [2.45, 2.75) is 75.2 Å². The van der Waals surface area contributed by atoms with E-state index in [4.69, 9.17) is 4.74 Å². The minimum atomic E-state index is -0.659. The van der Waals surface area contributed by atoms with Crippen molar-refractivity contribution in [1.29, 1.82) is 0 Å². The molecule has 1 aromatic rings. The highest BCUT2D eigenvalue weighted by Gasteiger charge is 2.31. The number of rotatable bonds is 2. The van der Waals surface area contributed by atoms with Crippen molar-refractivity contribution in [2.24, 2.45) is 0 Å². The number of imide groups is 2. The Bertz CT molecular complexity index is 1010. The van der Waals surface area contributed by atoms with Gasteiger partial charge in [-0.25, -0.2) is 4.79 Å². The van der Waals surface area contributed by atoms with Gasteiger partial charge in [-0.1, -0.05) is 13.8 Å². The maximum atomic E-state index is 11.0. The number of ether oxygens (including phenoxy) is 1. The summed E-state index contributed by atoms with van der Waals surface area (Å²) in [5, 5.41) is 0.516. The lowest BCUT2D eigenvalue weighted by molar-refractivity contribution is -0.195. The van der Waals surface area contributed by atoms with Crippen LogP contribution in [0.2, 0.25) is 0 Å². The molecule has 1 fully saturated rings. The molecule has 0 spiro atoms. The molecule has 36 heavy (non-hydrogen) atoms. The van der Waals surface area contributed by atoms with Crippen LogP contribution in [0.5, 0.6) is 5.75 Å². The molecule has 1 saturated heterocycles. The van der Waals surface area contributed by atoms with Crippen LogP contribution in [0.25, 0.3) is 0 Å². The molecule has 0 aromatic heterocycles. The van der Waals surface area contributed by atoms with Gasteiger partial charge in [0.2, 0.25) is 0 Å². The molecule has 0 radical (unpaired) electrons. The van der Waals surface area contributed by atoms with Crippen LogP contribution >= 0.6 is 0 Å². The smallest absolute Gasteiger partial charge is 0.330 e. The molecular weight excluding hydrogens is 468 g/mol. The Balaban J connectivity index is 0.000000514. The number of benzene rings is 1. The quantitative estimate of drug-likeness (QED) is 0.341. The van der Waals surface area contributed by atoms with Crippen molar-refractivity contribution in [1.82, 2.24) is 9.96 Å². The largest absolute Gasteiger partial charge is 0.426 e. The summed E-state index contributed by atoms with van der Waals surface area (Å²) >= 11 is 0. The molecule has 0 N–H and O–H groups in total. The highest BCUT2D eigenvalue weighted by atomic mass is 16.7. The number of hydrogen-bond donors (Lipinski definition) is 0. The fraction of sp³-hybridized carbons (Fsp3) is 0.462. The Kier molecular flexibility index (Phi) is 13.0. The van der Waals surface area contributed by atoms with Crippen LogP contribution in [0.3, 0.4) is 0 Å². The first-order valence-electron chi connectivity index (χ1n) is 11.5. The van der Waals surface area contributed by atoms with Crippen LogP contribution in [0.4, 0.5) is 0 Å². The normalized spacial score (nSPS) is 13.8. The predicted octanol–water partition coefficient (Wildman–Crippen LogP) is 3.33. The molecule has 198 valence electrons. The molecule has 0 aliphatic carbocycles. The molecule has 3 rings (SSSR count). The maximum Gasteiger partial charge on any atom is 0.330 e. The van der Waals surface area contributed by atoms with E-state index in [0.717, 1.165) is 28.7 Å². The predicted molar refractivity (Wildman–Crippen MR) is 133 cm³/mol. The molecule has 2 heterocycles. The highest BCUT2D eigenvalue weighted by molar-refractivity contribution is 6.12. The highest BCUT2D eigenvalue weighted by Crippen LogP contribution is 2.32. The molecule has 10 heteroatoms. The van der Waals surface area contributed by atoms with Crippen molar-refractivity contribution in [3.63, 3.8) is 0 Å². The zero-order valence-electron chi connectivity index (χ0n) is 22.7.